The first-order valence-corrected chi connectivity index (χ1v) is 8.07. The fraction of sp³-hybridized carbons (Fsp3) is 0.667. The lowest BCUT2D eigenvalue weighted by atomic mass is 9.92. The van der Waals surface area contributed by atoms with Gasteiger partial charge in [0.2, 0.25) is 0 Å². The molecule has 116 valence electrons. The van der Waals surface area contributed by atoms with Crippen LogP contribution in [0.4, 0.5) is 5.69 Å². The Morgan fingerprint density at radius 1 is 1.24 bits per heavy atom. The first-order valence-electron chi connectivity index (χ1n) is 8.07. The molecule has 1 aliphatic carbocycles. The van der Waals surface area contributed by atoms with Crippen molar-refractivity contribution >= 4 is 5.69 Å². The van der Waals surface area contributed by atoms with Crippen molar-refractivity contribution in [1.29, 1.82) is 0 Å². The lowest BCUT2D eigenvalue weighted by Gasteiger charge is -2.36. The second-order valence-electron chi connectivity index (χ2n) is 7.83. The zero-order valence-corrected chi connectivity index (χ0v) is 13.7. The van der Waals surface area contributed by atoms with E-state index in [1.54, 1.807) is 0 Å². The summed E-state index contributed by atoms with van der Waals surface area (Å²) in [4.78, 5) is 2.66. The number of benzene rings is 1. The number of nitrogen functional groups attached to an aromatic ring is 1. The van der Waals surface area contributed by atoms with E-state index < -0.39 is 0 Å². The molecule has 0 spiro atoms. The Morgan fingerprint density at radius 2 is 1.95 bits per heavy atom. The quantitative estimate of drug-likeness (QED) is 0.861. The lowest BCUT2D eigenvalue weighted by molar-refractivity contribution is -0.0821. The molecule has 21 heavy (non-hydrogen) atoms. The highest BCUT2D eigenvalue weighted by atomic mass is 16.5. The standard InChI is InChI=1S/C18H28N2O/c1-17(2)11-16(18(3,4)21-17)20(15-8-9-15)12-13-6-5-7-14(19)10-13/h5-7,10,15-16H,8-9,11-12,19H2,1-4H3. The summed E-state index contributed by atoms with van der Waals surface area (Å²) >= 11 is 0. The summed E-state index contributed by atoms with van der Waals surface area (Å²) in [6.45, 7) is 9.87. The highest BCUT2D eigenvalue weighted by Crippen LogP contribution is 2.44. The van der Waals surface area contributed by atoms with Crippen LogP contribution >= 0.6 is 0 Å². The van der Waals surface area contributed by atoms with E-state index in [9.17, 15) is 0 Å². The SMILES string of the molecule is CC1(C)CC(N(Cc2cccc(N)c2)C2CC2)C(C)(C)O1. The predicted octanol–water partition coefficient (Wildman–Crippen LogP) is 3.58. The smallest absolute Gasteiger partial charge is 0.0789 e. The van der Waals surface area contributed by atoms with Crippen LogP contribution in [0.15, 0.2) is 24.3 Å². The van der Waals surface area contributed by atoms with Gasteiger partial charge < -0.3 is 10.5 Å². The van der Waals surface area contributed by atoms with Gasteiger partial charge >= 0.3 is 0 Å². The topological polar surface area (TPSA) is 38.5 Å². The zero-order valence-electron chi connectivity index (χ0n) is 13.7. The molecule has 0 aromatic heterocycles. The molecular weight excluding hydrogens is 260 g/mol. The van der Waals surface area contributed by atoms with Gasteiger partial charge in [0.05, 0.1) is 11.2 Å². The van der Waals surface area contributed by atoms with Crippen molar-refractivity contribution in [2.45, 2.75) is 76.8 Å². The second-order valence-corrected chi connectivity index (χ2v) is 7.83. The summed E-state index contributed by atoms with van der Waals surface area (Å²) in [6, 6.07) is 9.48. The normalized spacial score (nSPS) is 27.2. The van der Waals surface area contributed by atoms with Gasteiger partial charge in [0.1, 0.15) is 0 Å². The van der Waals surface area contributed by atoms with Gasteiger partial charge in [-0.25, -0.2) is 0 Å². The minimum atomic E-state index is -0.0909. The van der Waals surface area contributed by atoms with E-state index in [0.717, 1.165) is 18.7 Å². The molecule has 0 amide bonds. The predicted molar refractivity (Wildman–Crippen MR) is 87.1 cm³/mol. The molecule has 1 saturated heterocycles. The maximum atomic E-state index is 6.30. The van der Waals surface area contributed by atoms with Crippen LogP contribution in [0.1, 0.15) is 52.5 Å². The summed E-state index contributed by atoms with van der Waals surface area (Å²) in [7, 11) is 0. The molecule has 1 unspecified atom stereocenters. The third kappa shape index (κ3) is 3.24. The molecule has 1 saturated carbocycles. The molecule has 0 bridgehead atoms. The number of nitrogens with zero attached hydrogens (tertiary/aromatic N) is 1. The first-order chi connectivity index (χ1) is 9.77. The highest BCUT2D eigenvalue weighted by molar-refractivity contribution is 5.40. The minimum Gasteiger partial charge on any atom is -0.399 e. The molecule has 3 nitrogen and oxygen atoms in total. The summed E-state index contributed by atoms with van der Waals surface area (Å²) in [5.41, 5.74) is 7.97. The summed E-state index contributed by atoms with van der Waals surface area (Å²) in [6.07, 6.45) is 3.73. The van der Waals surface area contributed by atoms with Gasteiger partial charge in [-0.2, -0.15) is 0 Å². The average molecular weight is 288 g/mol. The van der Waals surface area contributed by atoms with Crippen LogP contribution in [-0.2, 0) is 11.3 Å². The van der Waals surface area contributed by atoms with Crippen LogP contribution in [0.25, 0.3) is 0 Å². The van der Waals surface area contributed by atoms with Crippen molar-refractivity contribution in [3.63, 3.8) is 0 Å². The van der Waals surface area contributed by atoms with Crippen LogP contribution in [0.3, 0.4) is 0 Å². The number of anilines is 1. The third-order valence-corrected chi connectivity index (χ3v) is 4.76. The van der Waals surface area contributed by atoms with Crippen molar-refractivity contribution in [3.8, 4) is 0 Å². The van der Waals surface area contributed by atoms with E-state index >= 15 is 0 Å². The minimum absolute atomic E-state index is 0.0307. The second kappa shape index (κ2) is 4.99. The van der Waals surface area contributed by atoms with Gasteiger partial charge in [0, 0.05) is 24.3 Å². The monoisotopic (exact) mass is 288 g/mol. The number of rotatable bonds is 4. The van der Waals surface area contributed by atoms with Crippen molar-refractivity contribution in [2.75, 3.05) is 5.73 Å². The molecule has 3 rings (SSSR count). The number of nitrogens with two attached hydrogens (primary N) is 1. The maximum Gasteiger partial charge on any atom is 0.0789 e. The largest absolute Gasteiger partial charge is 0.399 e. The Balaban J connectivity index is 1.82. The molecule has 1 heterocycles. The third-order valence-electron chi connectivity index (χ3n) is 4.76. The Labute approximate surface area is 128 Å². The fourth-order valence-corrected chi connectivity index (χ4v) is 3.85. The maximum absolute atomic E-state index is 6.30. The van der Waals surface area contributed by atoms with Crippen molar-refractivity contribution < 1.29 is 4.74 Å². The summed E-state index contributed by atoms with van der Waals surface area (Å²) in [5.74, 6) is 0. The number of hydrogen-bond acceptors (Lipinski definition) is 3. The molecule has 1 aromatic rings. The van der Waals surface area contributed by atoms with Crippen LogP contribution in [0.5, 0.6) is 0 Å². The van der Waals surface area contributed by atoms with Crippen molar-refractivity contribution in [3.05, 3.63) is 29.8 Å². The van der Waals surface area contributed by atoms with E-state index in [4.69, 9.17) is 10.5 Å². The van der Waals surface area contributed by atoms with Gasteiger partial charge in [0.15, 0.2) is 0 Å². The Morgan fingerprint density at radius 3 is 2.48 bits per heavy atom. The first kappa shape index (κ1) is 14.9. The Bertz CT molecular complexity index is 520. The molecule has 0 radical (unpaired) electrons. The fourth-order valence-electron chi connectivity index (χ4n) is 3.85. The molecule has 2 N–H and O–H groups in total. The van der Waals surface area contributed by atoms with Crippen LogP contribution in [0.2, 0.25) is 0 Å². The molecule has 1 aliphatic heterocycles. The average Bonchev–Trinajstić information content (AvgIpc) is 3.13. The van der Waals surface area contributed by atoms with Crippen LogP contribution in [-0.4, -0.2) is 28.2 Å². The molecular formula is C18H28N2O. The van der Waals surface area contributed by atoms with Gasteiger partial charge in [-0.3, -0.25) is 4.90 Å². The summed E-state index contributed by atoms with van der Waals surface area (Å²) in [5, 5.41) is 0. The van der Waals surface area contributed by atoms with E-state index in [1.165, 1.54) is 18.4 Å². The Hall–Kier alpha value is -1.06. The highest BCUT2D eigenvalue weighted by Gasteiger charge is 2.51. The van der Waals surface area contributed by atoms with Gasteiger partial charge in [-0.1, -0.05) is 12.1 Å². The van der Waals surface area contributed by atoms with Gasteiger partial charge in [-0.05, 0) is 64.7 Å². The van der Waals surface area contributed by atoms with Crippen molar-refractivity contribution in [2.24, 2.45) is 0 Å². The Kier molecular flexibility index (Phi) is 3.53. The van der Waals surface area contributed by atoms with Crippen LogP contribution < -0.4 is 5.73 Å². The van der Waals surface area contributed by atoms with Crippen LogP contribution in [0, 0.1) is 0 Å². The molecule has 1 atom stereocenters. The van der Waals surface area contributed by atoms with E-state index in [1.807, 2.05) is 6.07 Å². The molecule has 2 aliphatic rings. The zero-order chi connectivity index (χ0) is 15.3. The number of ether oxygens (including phenoxy) is 1. The van der Waals surface area contributed by atoms with Gasteiger partial charge in [0.25, 0.3) is 0 Å². The molecule has 3 heteroatoms. The van der Waals surface area contributed by atoms with Crippen molar-refractivity contribution in [1.82, 2.24) is 4.90 Å². The van der Waals surface area contributed by atoms with E-state index in [0.29, 0.717) is 12.1 Å². The van der Waals surface area contributed by atoms with E-state index in [-0.39, 0.29) is 11.2 Å². The molecule has 2 fully saturated rings. The number of hydrogen-bond donors (Lipinski definition) is 1. The van der Waals surface area contributed by atoms with Gasteiger partial charge in [-0.15, -0.1) is 0 Å². The molecule has 1 aromatic carbocycles. The lowest BCUT2D eigenvalue weighted by Crippen LogP contribution is -2.47. The van der Waals surface area contributed by atoms with E-state index in [2.05, 4.69) is 50.8 Å². The summed E-state index contributed by atoms with van der Waals surface area (Å²) < 4.78 is 6.30.